The van der Waals surface area contributed by atoms with Crippen LogP contribution in [0.3, 0.4) is 0 Å². The van der Waals surface area contributed by atoms with Crippen LogP contribution in [0.2, 0.25) is 0 Å². The van der Waals surface area contributed by atoms with E-state index in [0.29, 0.717) is 11.9 Å². The number of hydrogen-bond donors (Lipinski definition) is 0. The highest BCUT2D eigenvalue weighted by molar-refractivity contribution is 8.03. The molecule has 0 aliphatic carbocycles. The zero-order valence-electron chi connectivity index (χ0n) is 13.4. The lowest BCUT2D eigenvalue weighted by Gasteiger charge is -2.15. The minimum atomic E-state index is 0.588. The van der Waals surface area contributed by atoms with Crippen LogP contribution in [0.5, 0.6) is 0 Å². The summed E-state index contributed by atoms with van der Waals surface area (Å²) in [6.07, 6.45) is 3.36. The third kappa shape index (κ3) is 2.29. The van der Waals surface area contributed by atoms with Crippen LogP contribution < -0.4 is 0 Å². The minimum Gasteiger partial charge on any atom is -0.376 e. The molecule has 4 aromatic carbocycles. The third-order valence-corrected chi connectivity index (χ3v) is 6.01. The number of benzene rings is 4. The second kappa shape index (κ2) is 5.80. The van der Waals surface area contributed by atoms with Gasteiger partial charge >= 0.3 is 0 Å². The van der Waals surface area contributed by atoms with Crippen molar-refractivity contribution in [2.45, 2.75) is 18.3 Å². The largest absolute Gasteiger partial charge is 0.376 e. The summed E-state index contributed by atoms with van der Waals surface area (Å²) in [6.45, 7) is 1.50. The summed E-state index contributed by atoms with van der Waals surface area (Å²) in [6, 6.07) is 20.0. The van der Waals surface area contributed by atoms with Crippen molar-refractivity contribution in [3.05, 3.63) is 71.6 Å². The van der Waals surface area contributed by atoms with Gasteiger partial charge in [-0.1, -0.05) is 60.7 Å². The molecule has 0 saturated heterocycles. The van der Waals surface area contributed by atoms with Crippen LogP contribution in [0.15, 0.2) is 66.1 Å². The van der Waals surface area contributed by atoms with Gasteiger partial charge in [0.05, 0.1) is 13.2 Å². The van der Waals surface area contributed by atoms with E-state index >= 15 is 0 Å². The first-order valence-electron chi connectivity index (χ1n) is 8.44. The lowest BCUT2D eigenvalue weighted by Crippen LogP contribution is -2.08. The second-order valence-corrected chi connectivity index (χ2v) is 7.67. The van der Waals surface area contributed by atoms with Gasteiger partial charge in [-0.15, -0.1) is 11.8 Å². The molecule has 0 aromatic heterocycles. The number of allylic oxidation sites excluding steroid dienone is 1. The molecule has 0 amide bonds. The fraction of sp³-hybridized carbons (Fsp3) is 0.182. The summed E-state index contributed by atoms with van der Waals surface area (Å²) < 4.78 is 6.03. The Balaban J connectivity index is 1.56. The molecule has 0 saturated carbocycles. The molecular weight excluding hydrogens is 312 g/mol. The molecule has 1 aliphatic heterocycles. The quantitative estimate of drug-likeness (QED) is 0.417. The fourth-order valence-electron chi connectivity index (χ4n) is 3.76. The molecule has 2 heteroatoms. The number of ether oxygens (including phenoxy) is 1. The van der Waals surface area contributed by atoms with Crippen molar-refractivity contribution in [2.24, 2.45) is 0 Å². The summed E-state index contributed by atoms with van der Waals surface area (Å²) in [4.78, 5) is 0. The number of thioether (sulfide) groups is 1. The standard InChI is InChI=1S/C22H18OS/c1-3-15-6-7-17-8-9-18(13-23-14-19-5-2-12-24-19)20-11-10-16(4-1)21(15)22(17)20/h1-4,6-12,19H,5,13-14H2. The van der Waals surface area contributed by atoms with Crippen molar-refractivity contribution < 1.29 is 4.74 Å². The summed E-state index contributed by atoms with van der Waals surface area (Å²) in [7, 11) is 0. The monoisotopic (exact) mass is 330 g/mol. The van der Waals surface area contributed by atoms with Gasteiger partial charge in [-0.2, -0.15) is 0 Å². The first-order chi connectivity index (χ1) is 11.9. The maximum atomic E-state index is 6.03. The Morgan fingerprint density at radius 2 is 1.62 bits per heavy atom. The fourth-order valence-corrected chi connectivity index (χ4v) is 4.60. The molecule has 4 aromatic rings. The van der Waals surface area contributed by atoms with Gasteiger partial charge < -0.3 is 4.74 Å². The van der Waals surface area contributed by atoms with Crippen LogP contribution in [-0.2, 0) is 11.3 Å². The predicted octanol–water partition coefficient (Wildman–Crippen LogP) is 6.12. The van der Waals surface area contributed by atoms with Crippen LogP contribution in [0.1, 0.15) is 12.0 Å². The smallest absolute Gasteiger partial charge is 0.0723 e. The van der Waals surface area contributed by atoms with Crippen molar-refractivity contribution in [3.63, 3.8) is 0 Å². The van der Waals surface area contributed by atoms with Crippen molar-refractivity contribution in [3.8, 4) is 0 Å². The Hall–Kier alpha value is -2.03. The first-order valence-corrected chi connectivity index (χ1v) is 9.38. The van der Waals surface area contributed by atoms with E-state index in [2.05, 4.69) is 66.1 Å². The van der Waals surface area contributed by atoms with E-state index < -0.39 is 0 Å². The SMILES string of the molecule is C1=CSC(COCc2ccc3ccc4cccc5ccc2c3c45)C1. The Morgan fingerprint density at radius 1 is 0.875 bits per heavy atom. The third-order valence-electron chi connectivity index (χ3n) is 4.95. The highest BCUT2D eigenvalue weighted by Gasteiger charge is 2.13. The second-order valence-electron chi connectivity index (χ2n) is 6.46. The number of hydrogen-bond acceptors (Lipinski definition) is 2. The summed E-state index contributed by atoms with van der Waals surface area (Å²) in [5, 5.41) is 10.8. The van der Waals surface area contributed by atoms with E-state index in [1.807, 2.05) is 11.8 Å². The van der Waals surface area contributed by atoms with Gasteiger partial charge in [-0.05, 0) is 49.7 Å². The van der Waals surface area contributed by atoms with E-state index in [4.69, 9.17) is 4.74 Å². The number of rotatable bonds is 4. The zero-order chi connectivity index (χ0) is 15.9. The summed E-state index contributed by atoms with van der Waals surface area (Å²) in [5.41, 5.74) is 1.29. The Bertz CT molecular complexity index is 1030. The topological polar surface area (TPSA) is 9.23 Å². The molecule has 1 unspecified atom stereocenters. The average molecular weight is 330 g/mol. The Kier molecular flexibility index (Phi) is 3.46. The van der Waals surface area contributed by atoms with Crippen LogP contribution in [0.4, 0.5) is 0 Å². The van der Waals surface area contributed by atoms with Gasteiger partial charge in [0.2, 0.25) is 0 Å². The normalized spacial score (nSPS) is 17.6. The van der Waals surface area contributed by atoms with E-state index in [0.717, 1.165) is 13.0 Å². The van der Waals surface area contributed by atoms with Gasteiger partial charge in [-0.3, -0.25) is 0 Å². The summed E-state index contributed by atoms with van der Waals surface area (Å²) in [5.74, 6) is 0. The van der Waals surface area contributed by atoms with Gasteiger partial charge in [-0.25, -0.2) is 0 Å². The maximum absolute atomic E-state index is 6.03. The van der Waals surface area contributed by atoms with Crippen LogP contribution in [-0.4, -0.2) is 11.9 Å². The highest BCUT2D eigenvalue weighted by atomic mass is 32.2. The molecule has 1 nitrogen and oxygen atoms in total. The van der Waals surface area contributed by atoms with Crippen LogP contribution >= 0.6 is 11.8 Å². The molecule has 118 valence electrons. The highest BCUT2D eigenvalue weighted by Crippen LogP contribution is 2.36. The van der Waals surface area contributed by atoms with Crippen molar-refractivity contribution in [1.29, 1.82) is 0 Å². The Labute approximate surface area is 145 Å². The zero-order valence-corrected chi connectivity index (χ0v) is 14.2. The van der Waals surface area contributed by atoms with E-state index in [-0.39, 0.29) is 0 Å². The lowest BCUT2D eigenvalue weighted by molar-refractivity contribution is 0.123. The van der Waals surface area contributed by atoms with Crippen LogP contribution in [0.25, 0.3) is 32.3 Å². The molecule has 1 aliphatic rings. The van der Waals surface area contributed by atoms with Gasteiger partial charge in [0.25, 0.3) is 0 Å². The molecular formula is C22H18OS. The van der Waals surface area contributed by atoms with Gasteiger partial charge in [0.1, 0.15) is 0 Å². The molecule has 1 atom stereocenters. The van der Waals surface area contributed by atoms with E-state index in [9.17, 15) is 0 Å². The van der Waals surface area contributed by atoms with Crippen molar-refractivity contribution in [1.82, 2.24) is 0 Å². The molecule has 0 N–H and O–H groups in total. The average Bonchev–Trinajstić information content (AvgIpc) is 3.14. The van der Waals surface area contributed by atoms with Crippen molar-refractivity contribution >= 4 is 44.1 Å². The molecule has 0 spiro atoms. The van der Waals surface area contributed by atoms with Crippen molar-refractivity contribution in [2.75, 3.05) is 6.61 Å². The van der Waals surface area contributed by atoms with Gasteiger partial charge in [0.15, 0.2) is 0 Å². The van der Waals surface area contributed by atoms with E-state index in [1.165, 1.54) is 37.9 Å². The first kappa shape index (κ1) is 14.3. The molecule has 1 heterocycles. The molecule has 0 bridgehead atoms. The van der Waals surface area contributed by atoms with Gasteiger partial charge in [0, 0.05) is 5.25 Å². The Morgan fingerprint density at radius 3 is 2.42 bits per heavy atom. The molecule has 5 rings (SSSR count). The molecule has 0 radical (unpaired) electrons. The molecule has 24 heavy (non-hydrogen) atoms. The van der Waals surface area contributed by atoms with Crippen LogP contribution in [0, 0.1) is 0 Å². The minimum absolute atomic E-state index is 0.588. The van der Waals surface area contributed by atoms with E-state index in [1.54, 1.807) is 0 Å². The maximum Gasteiger partial charge on any atom is 0.0723 e. The lowest BCUT2D eigenvalue weighted by atomic mass is 9.92. The summed E-state index contributed by atoms with van der Waals surface area (Å²) >= 11 is 1.88. The predicted molar refractivity (Wildman–Crippen MR) is 105 cm³/mol. The molecule has 0 fully saturated rings.